The fourth-order valence-electron chi connectivity index (χ4n) is 2.11. The molecule has 0 radical (unpaired) electrons. The third-order valence-electron chi connectivity index (χ3n) is 3.48. The van der Waals surface area contributed by atoms with Crippen molar-refractivity contribution in [1.82, 2.24) is 5.32 Å². The van der Waals surface area contributed by atoms with Crippen molar-refractivity contribution >= 4 is 0 Å². The van der Waals surface area contributed by atoms with E-state index in [9.17, 15) is 5.11 Å². The predicted octanol–water partition coefficient (Wildman–Crippen LogP) is 2.76. The molecule has 2 atom stereocenters. The molecule has 0 aliphatic heterocycles. The number of aliphatic hydroxyl groups excluding tert-OH is 1. The number of benzene rings is 1. The van der Waals surface area contributed by atoms with E-state index in [1.165, 1.54) is 0 Å². The normalized spacial score (nSPS) is 14.4. The molecule has 0 aliphatic rings. The van der Waals surface area contributed by atoms with E-state index in [0.29, 0.717) is 11.7 Å². The van der Waals surface area contributed by atoms with E-state index in [4.69, 9.17) is 5.11 Å². The van der Waals surface area contributed by atoms with E-state index in [-0.39, 0.29) is 12.6 Å². The van der Waals surface area contributed by atoms with E-state index < -0.39 is 0 Å². The third-order valence-corrected chi connectivity index (χ3v) is 3.48. The summed E-state index contributed by atoms with van der Waals surface area (Å²) in [7, 11) is 0. The molecular formula is C15H25NO2. The first-order valence-corrected chi connectivity index (χ1v) is 6.72. The molecule has 0 fully saturated rings. The number of phenols is 1. The molecule has 0 amide bonds. The van der Waals surface area contributed by atoms with Crippen LogP contribution in [0.3, 0.4) is 0 Å². The van der Waals surface area contributed by atoms with Crippen molar-refractivity contribution in [3.63, 3.8) is 0 Å². The molecule has 0 aromatic heterocycles. The molecular weight excluding hydrogens is 226 g/mol. The van der Waals surface area contributed by atoms with Crippen LogP contribution in [0.2, 0.25) is 0 Å². The number of phenolic OH excluding ortho intramolecular Hbond substituents is 1. The monoisotopic (exact) mass is 251 g/mol. The van der Waals surface area contributed by atoms with Crippen LogP contribution in [-0.4, -0.2) is 23.4 Å². The van der Waals surface area contributed by atoms with Crippen LogP contribution in [0.4, 0.5) is 0 Å². The maximum Gasteiger partial charge on any atom is 0.120 e. The second-order valence-electron chi connectivity index (χ2n) is 4.98. The molecule has 3 N–H and O–H groups in total. The van der Waals surface area contributed by atoms with Crippen molar-refractivity contribution in [2.24, 2.45) is 5.92 Å². The molecule has 3 heteroatoms. The van der Waals surface area contributed by atoms with Gasteiger partial charge >= 0.3 is 0 Å². The largest absolute Gasteiger partial charge is 0.508 e. The number of hydrogen-bond donors (Lipinski definition) is 3. The summed E-state index contributed by atoms with van der Waals surface area (Å²) >= 11 is 0. The highest BCUT2D eigenvalue weighted by atomic mass is 16.3. The number of rotatable bonds is 7. The first-order valence-electron chi connectivity index (χ1n) is 6.72. The highest BCUT2D eigenvalue weighted by Crippen LogP contribution is 2.25. The Hall–Kier alpha value is -1.06. The van der Waals surface area contributed by atoms with Gasteiger partial charge in [0, 0.05) is 18.2 Å². The summed E-state index contributed by atoms with van der Waals surface area (Å²) in [6.07, 6.45) is 1.89. The Morgan fingerprint density at radius 1 is 1.33 bits per heavy atom. The topological polar surface area (TPSA) is 52.5 Å². The van der Waals surface area contributed by atoms with Gasteiger partial charge in [0.05, 0.1) is 0 Å². The van der Waals surface area contributed by atoms with Gasteiger partial charge in [0.25, 0.3) is 0 Å². The van der Waals surface area contributed by atoms with E-state index in [0.717, 1.165) is 30.5 Å². The highest BCUT2D eigenvalue weighted by molar-refractivity contribution is 5.37. The maximum absolute atomic E-state index is 9.85. The van der Waals surface area contributed by atoms with Crippen LogP contribution in [0.25, 0.3) is 0 Å². The van der Waals surface area contributed by atoms with Gasteiger partial charge in [0.2, 0.25) is 0 Å². The van der Waals surface area contributed by atoms with Crippen LogP contribution < -0.4 is 5.32 Å². The standard InChI is InChI=1S/C15H25NO2/c1-4-13(7-8-17)10-16-12(3)14-9-11(2)5-6-15(14)18/h5-6,9,12-13,16-18H,4,7-8,10H2,1-3H3. The molecule has 0 saturated heterocycles. The molecule has 2 unspecified atom stereocenters. The van der Waals surface area contributed by atoms with Gasteiger partial charge in [-0.3, -0.25) is 0 Å². The zero-order valence-electron chi connectivity index (χ0n) is 11.6. The molecule has 0 bridgehead atoms. The van der Waals surface area contributed by atoms with Crippen molar-refractivity contribution in [2.45, 2.75) is 39.7 Å². The molecule has 3 nitrogen and oxygen atoms in total. The van der Waals surface area contributed by atoms with Crippen LogP contribution in [0.15, 0.2) is 18.2 Å². The molecule has 18 heavy (non-hydrogen) atoms. The summed E-state index contributed by atoms with van der Waals surface area (Å²) in [5, 5.41) is 22.2. The number of aliphatic hydroxyl groups is 1. The third kappa shape index (κ3) is 4.31. The molecule has 0 saturated carbocycles. The van der Waals surface area contributed by atoms with Gasteiger partial charge in [-0.2, -0.15) is 0 Å². The van der Waals surface area contributed by atoms with Gasteiger partial charge in [-0.25, -0.2) is 0 Å². The molecule has 0 aliphatic carbocycles. The molecule has 1 aromatic carbocycles. The van der Waals surface area contributed by atoms with E-state index in [1.807, 2.05) is 19.1 Å². The van der Waals surface area contributed by atoms with Crippen LogP contribution in [-0.2, 0) is 0 Å². The zero-order chi connectivity index (χ0) is 13.5. The molecule has 1 aromatic rings. The molecule has 0 heterocycles. The van der Waals surface area contributed by atoms with Crippen molar-refractivity contribution in [3.05, 3.63) is 29.3 Å². The maximum atomic E-state index is 9.85. The Balaban J connectivity index is 2.59. The van der Waals surface area contributed by atoms with Crippen molar-refractivity contribution in [3.8, 4) is 5.75 Å². The van der Waals surface area contributed by atoms with E-state index in [2.05, 4.69) is 19.2 Å². The van der Waals surface area contributed by atoms with Crippen LogP contribution in [0.5, 0.6) is 5.75 Å². The van der Waals surface area contributed by atoms with Crippen LogP contribution in [0, 0.1) is 12.8 Å². The van der Waals surface area contributed by atoms with Gasteiger partial charge in [-0.15, -0.1) is 0 Å². The number of aromatic hydroxyl groups is 1. The Morgan fingerprint density at radius 2 is 2.06 bits per heavy atom. The lowest BCUT2D eigenvalue weighted by molar-refractivity contribution is 0.249. The Kier molecular flexibility index (Phi) is 6.16. The molecule has 1 rings (SSSR count). The summed E-state index contributed by atoms with van der Waals surface area (Å²) in [6.45, 7) is 7.32. The van der Waals surface area contributed by atoms with Gasteiger partial charge in [-0.1, -0.05) is 31.0 Å². The summed E-state index contributed by atoms with van der Waals surface area (Å²) in [6, 6.07) is 5.79. The second-order valence-corrected chi connectivity index (χ2v) is 4.98. The average Bonchev–Trinajstić information content (AvgIpc) is 2.37. The van der Waals surface area contributed by atoms with Crippen molar-refractivity contribution < 1.29 is 10.2 Å². The SMILES string of the molecule is CCC(CCO)CNC(C)c1cc(C)ccc1O. The summed E-state index contributed by atoms with van der Waals surface area (Å²) < 4.78 is 0. The highest BCUT2D eigenvalue weighted by Gasteiger charge is 2.12. The van der Waals surface area contributed by atoms with E-state index in [1.54, 1.807) is 6.07 Å². The lowest BCUT2D eigenvalue weighted by Gasteiger charge is -2.20. The minimum atomic E-state index is 0.123. The predicted molar refractivity (Wildman–Crippen MR) is 74.7 cm³/mol. The summed E-state index contributed by atoms with van der Waals surface area (Å²) in [4.78, 5) is 0. The second kappa shape index (κ2) is 7.39. The Bertz CT molecular complexity index is 366. The smallest absolute Gasteiger partial charge is 0.120 e. The quantitative estimate of drug-likeness (QED) is 0.698. The number of hydrogen-bond acceptors (Lipinski definition) is 3. The lowest BCUT2D eigenvalue weighted by Crippen LogP contribution is -2.26. The summed E-state index contributed by atoms with van der Waals surface area (Å²) in [5.74, 6) is 0.834. The van der Waals surface area contributed by atoms with Gasteiger partial charge in [0.1, 0.15) is 5.75 Å². The molecule has 0 spiro atoms. The minimum Gasteiger partial charge on any atom is -0.508 e. The van der Waals surface area contributed by atoms with Crippen LogP contribution >= 0.6 is 0 Å². The van der Waals surface area contributed by atoms with E-state index >= 15 is 0 Å². The van der Waals surface area contributed by atoms with Crippen molar-refractivity contribution in [2.75, 3.05) is 13.2 Å². The van der Waals surface area contributed by atoms with Gasteiger partial charge < -0.3 is 15.5 Å². The van der Waals surface area contributed by atoms with Crippen molar-refractivity contribution in [1.29, 1.82) is 0 Å². The molecule has 102 valence electrons. The zero-order valence-corrected chi connectivity index (χ0v) is 11.6. The summed E-state index contributed by atoms with van der Waals surface area (Å²) in [5.41, 5.74) is 2.09. The fourth-order valence-corrected chi connectivity index (χ4v) is 2.11. The minimum absolute atomic E-state index is 0.123. The number of aryl methyl sites for hydroxylation is 1. The van der Waals surface area contributed by atoms with Crippen LogP contribution in [0.1, 0.15) is 43.9 Å². The van der Waals surface area contributed by atoms with Gasteiger partial charge in [0.15, 0.2) is 0 Å². The lowest BCUT2D eigenvalue weighted by atomic mass is 10.0. The Morgan fingerprint density at radius 3 is 2.67 bits per heavy atom. The Labute approximate surface area is 110 Å². The fraction of sp³-hybridized carbons (Fsp3) is 0.600. The average molecular weight is 251 g/mol. The van der Waals surface area contributed by atoms with Gasteiger partial charge in [-0.05, 0) is 38.8 Å². The number of nitrogens with one attached hydrogen (secondary N) is 1. The first-order chi connectivity index (χ1) is 8.58. The first kappa shape index (κ1) is 15.0.